The molecule has 0 saturated heterocycles. The molecule has 1 rings (SSSR count). The smallest absolute Gasteiger partial charge is 0.389 e. The molecule has 6 heteroatoms. The first kappa shape index (κ1) is 10.8. The molecule has 1 N–H and O–H groups in total. The van der Waals surface area contributed by atoms with Crippen LogP contribution in [0.5, 0.6) is 5.88 Å². The van der Waals surface area contributed by atoms with E-state index in [4.69, 9.17) is 5.11 Å². The quantitative estimate of drug-likeness (QED) is 0.806. The molecule has 3 nitrogen and oxygen atoms in total. The van der Waals surface area contributed by atoms with Crippen molar-refractivity contribution in [3.05, 3.63) is 23.9 Å². The number of hydrogen-bond acceptors (Lipinski definition) is 3. The summed E-state index contributed by atoms with van der Waals surface area (Å²) in [6.07, 6.45) is -4.37. The molecule has 0 aliphatic heterocycles. The maximum atomic E-state index is 11.7. The Morgan fingerprint density at radius 3 is 2.43 bits per heavy atom. The van der Waals surface area contributed by atoms with Gasteiger partial charge >= 0.3 is 6.36 Å². The van der Waals surface area contributed by atoms with Gasteiger partial charge in [0, 0.05) is 12.3 Å². The maximum absolute atomic E-state index is 11.7. The van der Waals surface area contributed by atoms with Crippen LogP contribution in [-0.4, -0.2) is 16.5 Å². The highest BCUT2D eigenvalue weighted by molar-refractivity contribution is 5.19. The topological polar surface area (TPSA) is 42.4 Å². The van der Waals surface area contributed by atoms with Crippen molar-refractivity contribution in [2.75, 3.05) is 0 Å². The molecule has 0 radical (unpaired) electrons. The zero-order chi connectivity index (χ0) is 10.8. The molecule has 1 aromatic heterocycles. The Labute approximate surface area is 78.2 Å². The molecular weight excluding hydrogens is 199 g/mol. The molecule has 0 saturated carbocycles. The Kier molecular flexibility index (Phi) is 2.95. The summed E-state index contributed by atoms with van der Waals surface area (Å²) in [4.78, 5) is 3.38. The standard InChI is InChI=1S/C8H8F3NO2/c1-5(13)6-2-3-7(12-4-6)14-8(9,10)11/h2-5,13H,1H3. The summed E-state index contributed by atoms with van der Waals surface area (Å²) in [5.74, 6) is -0.540. The minimum Gasteiger partial charge on any atom is -0.389 e. The van der Waals surface area contributed by atoms with Crippen LogP contribution in [0.1, 0.15) is 18.6 Å². The van der Waals surface area contributed by atoms with Crippen LogP contribution in [0.2, 0.25) is 0 Å². The second-order valence-electron chi connectivity index (χ2n) is 2.65. The molecule has 1 aromatic rings. The fourth-order valence-electron chi connectivity index (χ4n) is 0.818. The van der Waals surface area contributed by atoms with Crippen molar-refractivity contribution in [3.63, 3.8) is 0 Å². The Bertz CT molecular complexity index is 294. The summed E-state index contributed by atoms with van der Waals surface area (Å²) in [5.41, 5.74) is 0.430. The number of aromatic nitrogens is 1. The average molecular weight is 207 g/mol. The van der Waals surface area contributed by atoms with Gasteiger partial charge in [-0.2, -0.15) is 0 Å². The zero-order valence-corrected chi connectivity index (χ0v) is 7.25. The lowest BCUT2D eigenvalue weighted by molar-refractivity contribution is -0.276. The fraction of sp³-hybridized carbons (Fsp3) is 0.375. The van der Waals surface area contributed by atoms with E-state index in [0.717, 1.165) is 12.3 Å². The molecule has 0 bridgehead atoms. The van der Waals surface area contributed by atoms with E-state index in [0.29, 0.717) is 5.56 Å². The summed E-state index contributed by atoms with van der Waals surface area (Å²) in [7, 11) is 0. The normalized spacial score (nSPS) is 13.8. The predicted molar refractivity (Wildman–Crippen MR) is 41.6 cm³/mol. The highest BCUT2D eigenvalue weighted by Crippen LogP contribution is 2.21. The van der Waals surface area contributed by atoms with Crippen molar-refractivity contribution in [1.29, 1.82) is 0 Å². The number of hydrogen-bond donors (Lipinski definition) is 1. The summed E-state index contributed by atoms with van der Waals surface area (Å²) in [5, 5.41) is 9.04. The number of nitrogens with zero attached hydrogens (tertiary/aromatic N) is 1. The summed E-state index contributed by atoms with van der Waals surface area (Å²) in [6, 6.07) is 2.37. The Morgan fingerprint density at radius 2 is 2.07 bits per heavy atom. The molecular formula is C8H8F3NO2. The van der Waals surface area contributed by atoms with E-state index in [2.05, 4.69) is 9.72 Å². The lowest BCUT2D eigenvalue weighted by atomic mass is 10.2. The van der Waals surface area contributed by atoms with E-state index in [9.17, 15) is 13.2 Å². The number of ether oxygens (including phenoxy) is 1. The number of alkyl halides is 3. The van der Waals surface area contributed by atoms with Crippen LogP contribution in [-0.2, 0) is 0 Å². The van der Waals surface area contributed by atoms with E-state index >= 15 is 0 Å². The molecule has 0 aliphatic carbocycles. The van der Waals surface area contributed by atoms with Crippen LogP contribution in [0.25, 0.3) is 0 Å². The van der Waals surface area contributed by atoms with Gasteiger partial charge in [0.05, 0.1) is 6.10 Å². The molecule has 1 atom stereocenters. The molecule has 78 valence electrons. The van der Waals surface area contributed by atoms with Crippen LogP contribution in [0.3, 0.4) is 0 Å². The molecule has 14 heavy (non-hydrogen) atoms. The second-order valence-corrected chi connectivity index (χ2v) is 2.65. The van der Waals surface area contributed by atoms with Gasteiger partial charge in [0.2, 0.25) is 5.88 Å². The molecule has 0 aromatic carbocycles. The van der Waals surface area contributed by atoms with Crippen LogP contribution >= 0.6 is 0 Å². The molecule has 0 spiro atoms. The molecule has 1 heterocycles. The minimum absolute atomic E-state index is 0.430. The van der Waals surface area contributed by atoms with E-state index < -0.39 is 18.3 Å². The summed E-state index contributed by atoms with van der Waals surface area (Å²) in [6.45, 7) is 1.49. The molecule has 0 aliphatic rings. The number of halogens is 3. The Balaban J connectivity index is 2.74. The van der Waals surface area contributed by atoms with Crippen LogP contribution in [0.15, 0.2) is 18.3 Å². The van der Waals surface area contributed by atoms with Crippen molar-refractivity contribution < 1.29 is 23.0 Å². The van der Waals surface area contributed by atoms with Gasteiger partial charge in [0.15, 0.2) is 0 Å². The van der Waals surface area contributed by atoms with Gasteiger partial charge in [0.25, 0.3) is 0 Å². The third kappa shape index (κ3) is 3.21. The van der Waals surface area contributed by atoms with Gasteiger partial charge in [-0.15, -0.1) is 13.2 Å². The van der Waals surface area contributed by atoms with E-state index in [1.165, 1.54) is 13.0 Å². The van der Waals surface area contributed by atoms with E-state index in [-0.39, 0.29) is 0 Å². The minimum atomic E-state index is -4.74. The summed E-state index contributed by atoms with van der Waals surface area (Å²) >= 11 is 0. The highest BCUT2D eigenvalue weighted by atomic mass is 19.4. The van der Waals surface area contributed by atoms with Crippen molar-refractivity contribution in [2.24, 2.45) is 0 Å². The number of pyridine rings is 1. The van der Waals surface area contributed by atoms with Gasteiger partial charge < -0.3 is 9.84 Å². The van der Waals surface area contributed by atoms with Crippen molar-refractivity contribution in [1.82, 2.24) is 4.98 Å². The first-order valence-corrected chi connectivity index (χ1v) is 3.78. The molecule has 0 amide bonds. The fourth-order valence-corrected chi connectivity index (χ4v) is 0.818. The number of aliphatic hydroxyl groups is 1. The van der Waals surface area contributed by atoms with Crippen molar-refractivity contribution in [3.8, 4) is 5.88 Å². The van der Waals surface area contributed by atoms with Crippen LogP contribution in [0, 0.1) is 0 Å². The van der Waals surface area contributed by atoms with Crippen molar-refractivity contribution >= 4 is 0 Å². The third-order valence-corrected chi connectivity index (χ3v) is 1.46. The SMILES string of the molecule is CC(O)c1ccc(OC(F)(F)F)nc1. The first-order chi connectivity index (χ1) is 6.38. The van der Waals surface area contributed by atoms with E-state index in [1.54, 1.807) is 0 Å². The van der Waals surface area contributed by atoms with E-state index in [1.807, 2.05) is 0 Å². The predicted octanol–water partition coefficient (Wildman–Crippen LogP) is 2.03. The number of aliphatic hydroxyl groups excluding tert-OH is 1. The molecule has 0 fully saturated rings. The van der Waals surface area contributed by atoms with Crippen LogP contribution in [0.4, 0.5) is 13.2 Å². The Hall–Kier alpha value is -1.30. The van der Waals surface area contributed by atoms with Gasteiger partial charge in [0.1, 0.15) is 0 Å². The van der Waals surface area contributed by atoms with Gasteiger partial charge in [-0.3, -0.25) is 0 Å². The van der Waals surface area contributed by atoms with Gasteiger partial charge in [-0.05, 0) is 18.6 Å². The lowest BCUT2D eigenvalue weighted by Gasteiger charge is -2.08. The van der Waals surface area contributed by atoms with Crippen LogP contribution < -0.4 is 4.74 Å². The maximum Gasteiger partial charge on any atom is 0.574 e. The van der Waals surface area contributed by atoms with Gasteiger partial charge in [-0.1, -0.05) is 0 Å². The first-order valence-electron chi connectivity index (χ1n) is 3.78. The molecule has 1 unspecified atom stereocenters. The third-order valence-electron chi connectivity index (χ3n) is 1.46. The average Bonchev–Trinajstić information content (AvgIpc) is 2.02. The lowest BCUT2D eigenvalue weighted by Crippen LogP contribution is -2.17. The monoisotopic (exact) mass is 207 g/mol. The zero-order valence-electron chi connectivity index (χ0n) is 7.25. The highest BCUT2D eigenvalue weighted by Gasteiger charge is 2.31. The van der Waals surface area contributed by atoms with Gasteiger partial charge in [-0.25, -0.2) is 4.98 Å². The second kappa shape index (κ2) is 3.83. The van der Waals surface area contributed by atoms with Crippen molar-refractivity contribution in [2.45, 2.75) is 19.4 Å². The Morgan fingerprint density at radius 1 is 1.43 bits per heavy atom. The number of rotatable bonds is 2. The largest absolute Gasteiger partial charge is 0.574 e. The summed E-state index contributed by atoms with van der Waals surface area (Å²) < 4.78 is 38.6.